The Morgan fingerprint density at radius 2 is 2.28 bits per heavy atom. The van der Waals surface area contributed by atoms with Crippen molar-refractivity contribution in [2.75, 3.05) is 12.6 Å². The number of benzene rings is 1. The fourth-order valence-electron chi connectivity index (χ4n) is 1.59. The highest BCUT2D eigenvalue weighted by Gasteiger charge is 2.07. The molecule has 7 heteroatoms. The largest absolute Gasteiger partial charge is 0.463 e. The summed E-state index contributed by atoms with van der Waals surface area (Å²) in [7, 11) is 0. The van der Waals surface area contributed by atoms with Crippen molar-refractivity contribution in [2.24, 2.45) is 0 Å². The number of aromatic nitrogens is 3. The number of rotatable bonds is 3. The van der Waals surface area contributed by atoms with E-state index >= 15 is 0 Å². The zero-order valence-corrected chi connectivity index (χ0v) is 10.0. The average Bonchev–Trinajstić information content (AvgIpc) is 2.94. The summed E-state index contributed by atoms with van der Waals surface area (Å²) in [6.07, 6.45) is 1.74. The summed E-state index contributed by atoms with van der Waals surface area (Å²) < 4.78 is 19.4. The first-order valence-electron chi connectivity index (χ1n) is 5.17. The highest BCUT2D eigenvalue weighted by Crippen LogP contribution is 2.28. The van der Waals surface area contributed by atoms with E-state index in [1.165, 1.54) is 11.3 Å². The predicted octanol–water partition coefficient (Wildman–Crippen LogP) is 2.37. The van der Waals surface area contributed by atoms with Gasteiger partial charge in [0.05, 0.1) is 10.2 Å². The van der Waals surface area contributed by atoms with Gasteiger partial charge in [-0.15, -0.1) is 5.10 Å². The minimum absolute atomic E-state index is 0.440. The number of nitrogens with two attached hydrogens (primary N) is 1. The number of hydrogen-bond donors (Lipinski definition) is 1. The molecule has 18 heavy (non-hydrogen) atoms. The van der Waals surface area contributed by atoms with Crippen LogP contribution >= 0.6 is 11.3 Å². The Morgan fingerprint density at radius 1 is 1.39 bits per heavy atom. The second-order valence-corrected chi connectivity index (χ2v) is 4.57. The number of nitrogens with zero attached hydrogens (tertiary/aromatic N) is 3. The fourth-order valence-corrected chi connectivity index (χ4v) is 2.52. The number of nitrogen functional groups attached to an aromatic ring is 1. The van der Waals surface area contributed by atoms with E-state index < -0.39 is 6.86 Å². The monoisotopic (exact) mass is 264 g/mol. The van der Waals surface area contributed by atoms with Crippen molar-refractivity contribution in [3.8, 4) is 10.9 Å². The molecular formula is C11H9FN4OS. The Labute approximate surface area is 106 Å². The number of hydrogen-bond acceptors (Lipinski definition) is 5. The van der Waals surface area contributed by atoms with Crippen LogP contribution in [0.2, 0.25) is 0 Å². The van der Waals surface area contributed by atoms with Gasteiger partial charge in [0.25, 0.3) is 0 Å². The predicted molar refractivity (Wildman–Crippen MR) is 67.8 cm³/mol. The molecule has 0 saturated heterocycles. The number of ether oxygens (including phenoxy) is 1. The summed E-state index contributed by atoms with van der Waals surface area (Å²) in [5, 5.41) is 4.79. The molecule has 0 fully saturated rings. The van der Waals surface area contributed by atoms with Crippen LogP contribution in [0.5, 0.6) is 5.75 Å². The van der Waals surface area contributed by atoms with Crippen LogP contribution in [0.3, 0.4) is 0 Å². The summed E-state index contributed by atoms with van der Waals surface area (Å²) in [5.41, 5.74) is 6.37. The normalized spacial score (nSPS) is 10.9. The minimum atomic E-state index is -0.840. The maximum absolute atomic E-state index is 12.1. The van der Waals surface area contributed by atoms with E-state index in [2.05, 4.69) is 10.1 Å². The lowest BCUT2D eigenvalue weighted by atomic mass is 10.3. The van der Waals surface area contributed by atoms with Gasteiger partial charge in [0.15, 0.2) is 0 Å². The first-order chi connectivity index (χ1) is 8.76. The molecule has 92 valence electrons. The molecule has 0 amide bonds. The Hall–Kier alpha value is -2.15. The molecule has 0 aliphatic rings. The van der Waals surface area contributed by atoms with Crippen LogP contribution in [-0.2, 0) is 0 Å². The van der Waals surface area contributed by atoms with E-state index in [0.717, 1.165) is 10.2 Å². The molecule has 3 aromatic rings. The highest BCUT2D eigenvalue weighted by molar-refractivity contribution is 7.20. The fraction of sp³-hybridized carbons (Fsp3) is 0.0909. The van der Waals surface area contributed by atoms with Crippen LogP contribution in [0.25, 0.3) is 15.3 Å². The van der Waals surface area contributed by atoms with Gasteiger partial charge in [0, 0.05) is 12.3 Å². The van der Waals surface area contributed by atoms with Gasteiger partial charge in [-0.25, -0.2) is 14.1 Å². The van der Waals surface area contributed by atoms with Gasteiger partial charge in [0.2, 0.25) is 12.0 Å². The van der Waals surface area contributed by atoms with Crippen molar-refractivity contribution < 1.29 is 9.13 Å². The summed E-state index contributed by atoms with van der Waals surface area (Å²) in [5.74, 6) is 0.927. The van der Waals surface area contributed by atoms with E-state index in [1.54, 1.807) is 35.1 Å². The molecule has 0 saturated carbocycles. The Kier molecular flexibility index (Phi) is 2.60. The molecule has 0 spiro atoms. The van der Waals surface area contributed by atoms with E-state index in [1.807, 2.05) is 0 Å². The van der Waals surface area contributed by atoms with E-state index in [9.17, 15) is 4.39 Å². The molecule has 0 atom stereocenters. The van der Waals surface area contributed by atoms with Crippen LogP contribution in [-0.4, -0.2) is 21.6 Å². The number of fused-ring (bicyclic) bond motifs is 1. The maximum atomic E-state index is 12.1. The standard InChI is InChI=1S/C11H9FN4OS/c12-6-17-7-1-2-8-9(5-7)18-11(14-8)16-4-3-10(13)15-16/h1-5H,6H2,(H2,13,15). The molecule has 0 aliphatic carbocycles. The Balaban J connectivity index is 2.05. The summed E-state index contributed by atoms with van der Waals surface area (Å²) in [4.78, 5) is 4.41. The van der Waals surface area contributed by atoms with E-state index in [-0.39, 0.29) is 0 Å². The summed E-state index contributed by atoms with van der Waals surface area (Å²) in [6, 6.07) is 6.92. The summed E-state index contributed by atoms with van der Waals surface area (Å²) in [6.45, 7) is -0.840. The van der Waals surface area contributed by atoms with Crippen LogP contribution in [0.1, 0.15) is 0 Å². The molecule has 0 radical (unpaired) electrons. The first-order valence-corrected chi connectivity index (χ1v) is 5.99. The van der Waals surface area contributed by atoms with Crippen molar-refractivity contribution in [1.29, 1.82) is 0 Å². The first kappa shape index (κ1) is 11.0. The lowest BCUT2D eigenvalue weighted by Gasteiger charge is -1.98. The molecule has 0 unspecified atom stereocenters. The third kappa shape index (κ3) is 1.88. The second-order valence-electron chi connectivity index (χ2n) is 3.56. The Morgan fingerprint density at radius 3 is 3.00 bits per heavy atom. The van der Waals surface area contributed by atoms with Gasteiger partial charge < -0.3 is 10.5 Å². The van der Waals surface area contributed by atoms with Gasteiger partial charge in [-0.1, -0.05) is 11.3 Å². The lowest BCUT2D eigenvalue weighted by Crippen LogP contribution is -1.94. The lowest BCUT2D eigenvalue weighted by molar-refractivity contribution is 0.192. The Bertz CT molecular complexity index is 693. The molecule has 2 aromatic heterocycles. The average molecular weight is 264 g/mol. The smallest absolute Gasteiger partial charge is 0.228 e. The van der Waals surface area contributed by atoms with Crippen molar-refractivity contribution in [2.45, 2.75) is 0 Å². The van der Waals surface area contributed by atoms with Gasteiger partial charge in [-0.05, 0) is 18.2 Å². The van der Waals surface area contributed by atoms with Gasteiger partial charge >= 0.3 is 0 Å². The SMILES string of the molecule is Nc1ccn(-c2nc3ccc(OCF)cc3s2)n1. The molecule has 5 nitrogen and oxygen atoms in total. The molecule has 1 aromatic carbocycles. The zero-order valence-electron chi connectivity index (χ0n) is 9.21. The molecular weight excluding hydrogens is 255 g/mol. The minimum Gasteiger partial charge on any atom is -0.463 e. The number of halogens is 1. The molecule has 0 bridgehead atoms. The molecule has 0 aliphatic heterocycles. The molecule has 3 rings (SSSR count). The van der Waals surface area contributed by atoms with Crippen LogP contribution in [0.15, 0.2) is 30.5 Å². The van der Waals surface area contributed by atoms with Gasteiger partial charge in [0.1, 0.15) is 11.6 Å². The number of anilines is 1. The van der Waals surface area contributed by atoms with Crippen LogP contribution in [0.4, 0.5) is 10.2 Å². The zero-order chi connectivity index (χ0) is 12.5. The third-order valence-corrected chi connectivity index (χ3v) is 3.38. The second kappa shape index (κ2) is 4.26. The van der Waals surface area contributed by atoms with Crippen molar-refractivity contribution in [3.05, 3.63) is 30.5 Å². The van der Waals surface area contributed by atoms with Crippen LogP contribution in [0, 0.1) is 0 Å². The number of alkyl halides is 1. The molecule has 2 heterocycles. The van der Waals surface area contributed by atoms with Gasteiger partial charge in [-0.2, -0.15) is 0 Å². The maximum Gasteiger partial charge on any atom is 0.228 e. The van der Waals surface area contributed by atoms with Crippen molar-refractivity contribution in [3.63, 3.8) is 0 Å². The van der Waals surface area contributed by atoms with E-state index in [4.69, 9.17) is 10.5 Å². The molecule has 2 N–H and O–H groups in total. The highest BCUT2D eigenvalue weighted by atomic mass is 32.1. The third-order valence-electron chi connectivity index (χ3n) is 2.38. The quantitative estimate of drug-likeness (QED) is 0.788. The van der Waals surface area contributed by atoms with E-state index in [0.29, 0.717) is 16.7 Å². The van der Waals surface area contributed by atoms with Crippen molar-refractivity contribution in [1.82, 2.24) is 14.8 Å². The number of thiazole rings is 1. The topological polar surface area (TPSA) is 66.0 Å². The van der Waals surface area contributed by atoms with Crippen LogP contribution < -0.4 is 10.5 Å². The van der Waals surface area contributed by atoms with Crippen molar-refractivity contribution >= 4 is 27.4 Å². The summed E-state index contributed by atoms with van der Waals surface area (Å²) >= 11 is 1.44. The van der Waals surface area contributed by atoms with Gasteiger partial charge in [-0.3, -0.25) is 0 Å².